The number of nitrogens with one attached hydrogen (secondary N) is 1. The lowest BCUT2D eigenvalue weighted by Crippen LogP contribution is -2.25. The zero-order chi connectivity index (χ0) is 14.1. The third-order valence-electron chi connectivity index (χ3n) is 3.50. The van der Waals surface area contributed by atoms with Crippen LogP contribution in [0.15, 0.2) is 20.5 Å². The predicted octanol–water partition coefficient (Wildman–Crippen LogP) is 4.72. The van der Waals surface area contributed by atoms with Crippen molar-refractivity contribution < 1.29 is 0 Å². The predicted molar refractivity (Wildman–Crippen MR) is 90.1 cm³/mol. The molecule has 0 amide bonds. The topological polar surface area (TPSA) is 37.8 Å². The van der Waals surface area contributed by atoms with Gasteiger partial charge in [-0.05, 0) is 63.7 Å². The van der Waals surface area contributed by atoms with Crippen LogP contribution in [0.4, 0.5) is 0 Å². The van der Waals surface area contributed by atoms with Crippen LogP contribution < -0.4 is 5.32 Å². The lowest BCUT2D eigenvalue weighted by atomic mass is 9.92. The highest BCUT2D eigenvalue weighted by Gasteiger charge is 2.22. The number of hydrogen-bond acceptors (Lipinski definition) is 4. The van der Waals surface area contributed by atoms with E-state index < -0.39 is 0 Å². The fourth-order valence-corrected chi connectivity index (χ4v) is 4.56. The van der Waals surface area contributed by atoms with Gasteiger partial charge in [0.1, 0.15) is 0 Å². The Labute approximate surface area is 139 Å². The molecule has 3 nitrogen and oxygen atoms in total. The highest BCUT2D eigenvalue weighted by Crippen LogP contribution is 2.37. The summed E-state index contributed by atoms with van der Waals surface area (Å²) in [4.78, 5) is 10.4. The fraction of sp³-hybridized carbons (Fsp3) is 0.429. The average molecular weight is 417 g/mol. The molecule has 0 radical (unpaired) electrons. The summed E-state index contributed by atoms with van der Waals surface area (Å²) in [6.45, 7) is 3.13. The van der Waals surface area contributed by atoms with Gasteiger partial charge in [0.15, 0.2) is 5.82 Å². The molecule has 0 saturated heterocycles. The first-order valence-corrected chi connectivity index (χ1v) is 9.13. The summed E-state index contributed by atoms with van der Waals surface area (Å²) < 4.78 is 2.14. The lowest BCUT2D eigenvalue weighted by Gasteiger charge is -2.25. The molecular formula is C14H15Br2N3S. The zero-order valence-corrected chi connectivity index (χ0v) is 15.1. The quantitative estimate of drug-likeness (QED) is 0.786. The molecular weight excluding hydrogens is 402 g/mol. The lowest BCUT2D eigenvalue weighted by molar-refractivity contribution is 0.464. The van der Waals surface area contributed by atoms with Crippen molar-refractivity contribution in [3.63, 3.8) is 0 Å². The molecule has 1 atom stereocenters. The second kappa shape index (κ2) is 6.22. The van der Waals surface area contributed by atoms with Crippen LogP contribution in [-0.4, -0.2) is 16.5 Å². The van der Waals surface area contributed by atoms with Crippen LogP contribution in [0.1, 0.15) is 37.1 Å². The van der Waals surface area contributed by atoms with Crippen LogP contribution in [0.3, 0.4) is 0 Å². The van der Waals surface area contributed by atoms with Gasteiger partial charge >= 0.3 is 0 Å². The van der Waals surface area contributed by atoms with Crippen molar-refractivity contribution in [2.24, 2.45) is 0 Å². The molecule has 2 aromatic heterocycles. The van der Waals surface area contributed by atoms with E-state index in [9.17, 15) is 0 Å². The average Bonchev–Trinajstić information content (AvgIpc) is 2.79. The molecule has 0 spiro atoms. The molecule has 106 valence electrons. The van der Waals surface area contributed by atoms with Crippen LogP contribution in [0.2, 0.25) is 0 Å². The number of aromatic nitrogens is 2. The monoisotopic (exact) mass is 415 g/mol. The number of aryl methyl sites for hydroxylation is 1. The Morgan fingerprint density at radius 3 is 3.00 bits per heavy atom. The standard InChI is InChI=1S/C14H15Br2N3S/c1-2-17-10-4-3-5-11-8(10)7-18-14(19-11)12-6-9(15)13(16)20-12/h6-7,10,17H,2-5H2,1H3. The van der Waals surface area contributed by atoms with Gasteiger partial charge in [0.2, 0.25) is 0 Å². The van der Waals surface area contributed by atoms with E-state index >= 15 is 0 Å². The van der Waals surface area contributed by atoms with E-state index in [-0.39, 0.29) is 0 Å². The van der Waals surface area contributed by atoms with Crippen molar-refractivity contribution in [2.75, 3.05) is 6.54 Å². The minimum absolute atomic E-state index is 0.416. The molecule has 6 heteroatoms. The van der Waals surface area contributed by atoms with E-state index in [1.165, 1.54) is 24.1 Å². The van der Waals surface area contributed by atoms with Gasteiger partial charge in [0.05, 0.1) is 8.66 Å². The maximum Gasteiger partial charge on any atom is 0.169 e. The Balaban J connectivity index is 1.96. The van der Waals surface area contributed by atoms with E-state index in [4.69, 9.17) is 4.98 Å². The second-order valence-corrected chi connectivity index (χ2v) is 8.05. The summed E-state index contributed by atoms with van der Waals surface area (Å²) in [6, 6.07) is 2.49. The number of nitrogens with zero attached hydrogens (tertiary/aromatic N) is 2. The molecule has 1 unspecified atom stereocenters. The van der Waals surface area contributed by atoms with Crippen molar-refractivity contribution >= 4 is 43.2 Å². The van der Waals surface area contributed by atoms with Gasteiger partial charge in [0, 0.05) is 28.0 Å². The van der Waals surface area contributed by atoms with Gasteiger partial charge in [0.25, 0.3) is 0 Å². The van der Waals surface area contributed by atoms with Gasteiger partial charge < -0.3 is 5.32 Å². The molecule has 0 bridgehead atoms. The van der Waals surface area contributed by atoms with E-state index in [2.05, 4.69) is 55.2 Å². The summed E-state index contributed by atoms with van der Waals surface area (Å²) >= 11 is 8.70. The summed E-state index contributed by atoms with van der Waals surface area (Å²) in [5.41, 5.74) is 2.48. The molecule has 20 heavy (non-hydrogen) atoms. The third-order valence-corrected chi connectivity index (χ3v) is 6.75. The second-order valence-electron chi connectivity index (χ2n) is 4.83. The minimum atomic E-state index is 0.416. The highest BCUT2D eigenvalue weighted by atomic mass is 79.9. The molecule has 1 aliphatic rings. The molecule has 1 N–H and O–H groups in total. The van der Waals surface area contributed by atoms with Crippen molar-refractivity contribution in [1.29, 1.82) is 0 Å². The summed E-state index contributed by atoms with van der Waals surface area (Å²) in [7, 11) is 0. The number of hydrogen-bond donors (Lipinski definition) is 1. The summed E-state index contributed by atoms with van der Waals surface area (Å²) in [5.74, 6) is 0.831. The third kappa shape index (κ3) is 2.84. The zero-order valence-electron chi connectivity index (χ0n) is 11.1. The first-order valence-electron chi connectivity index (χ1n) is 6.73. The number of halogens is 2. The van der Waals surface area contributed by atoms with Gasteiger partial charge in [-0.1, -0.05) is 6.92 Å². The molecule has 2 heterocycles. The largest absolute Gasteiger partial charge is 0.310 e. The maximum absolute atomic E-state index is 4.79. The van der Waals surface area contributed by atoms with Gasteiger partial charge in [-0.3, -0.25) is 0 Å². The van der Waals surface area contributed by atoms with E-state index in [1.54, 1.807) is 11.3 Å². The highest BCUT2D eigenvalue weighted by molar-refractivity contribution is 9.13. The van der Waals surface area contributed by atoms with Crippen LogP contribution in [0.25, 0.3) is 10.7 Å². The van der Waals surface area contributed by atoms with E-state index in [0.29, 0.717) is 6.04 Å². The molecule has 3 rings (SSSR count). The van der Waals surface area contributed by atoms with Crippen molar-refractivity contribution in [3.8, 4) is 10.7 Å². The summed E-state index contributed by atoms with van der Waals surface area (Å²) in [6.07, 6.45) is 5.44. The Kier molecular flexibility index (Phi) is 4.55. The number of thiophene rings is 1. The molecule has 0 aromatic carbocycles. The van der Waals surface area contributed by atoms with E-state index in [1.807, 2.05) is 6.20 Å². The Hall–Kier alpha value is -0.300. The molecule has 0 aliphatic heterocycles. The van der Waals surface area contributed by atoms with Gasteiger partial charge in [-0.25, -0.2) is 9.97 Å². The Morgan fingerprint density at radius 1 is 1.45 bits per heavy atom. The van der Waals surface area contributed by atoms with Crippen LogP contribution in [0, 0.1) is 0 Å². The fourth-order valence-electron chi connectivity index (χ4n) is 2.58. The Bertz CT molecular complexity index is 607. The Morgan fingerprint density at radius 2 is 2.30 bits per heavy atom. The SMILES string of the molecule is CCNC1CCCc2nc(-c3cc(Br)c(Br)s3)ncc21. The smallest absolute Gasteiger partial charge is 0.169 e. The van der Waals surface area contributed by atoms with Gasteiger partial charge in [-0.2, -0.15) is 0 Å². The first-order chi connectivity index (χ1) is 9.69. The van der Waals surface area contributed by atoms with Crippen LogP contribution >= 0.6 is 43.2 Å². The van der Waals surface area contributed by atoms with Crippen molar-refractivity contribution in [2.45, 2.75) is 32.2 Å². The van der Waals surface area contributed by atoms with E-state index in [0.717, 1.165) is 31.9 Å². The first kappa shape index (κ1) is 14.6. The normalized spacial score (nSPS) is 18.1. The minimum Gasteiger partial charge on any atom is -0.310 e. The number of fused-ring (bicyclic) bond motifs is 1. The molecule has 0 fully saturated rings. The van der Waals surface area contributed by atoms with Crippen molar-refractivity contribution in [3.05, 3.63) is 31.8 Å². The molecule has 0 saturated carbocycles. The van der Waals surface area contributed by atoms with Crippen LogP contribution in [0.5, 0.6) is 0 Å². The number of rotatable bonds is 3. The van der Waals surface area contributed by atoms with Gasteiger partial charge in [-0.15, -0.1) is 11.3 Å². The summed E-state index contributed by atoms with van der Waals surface area (Å²) in [5, 5.41) is 3.52. The van der Waals surface area contributed by atoms with Crippen molar-refractivity contribution in [1.82, 2.24) is 15.3 Å². The molecule has 2 aromatic rings. The molecule has 1 aliphatic carbocycles. The van der Waals surface area contributed by atoms with Crippen LogP contribution in [-0.2, 0) is 6.42 Å². The maximum atomic E-state index is 4.79.